The van der Waals surface area contributed by atoms with Crippen molar-refractivity contribution in [2.45, 2.75) is 24.4 Å². The zero-order chi connectivity index (χ0) is 17.7. The number of halogens is 4. The molecule has 1 amide bonds. The molecule has 1 aromatic carbocycles. The van der Waals surface area contributed by atoms with Crippen molar-refractivity contribution in [3.05, 3.63) is 34.9 Å². The number of aliphatic carboxylic acids is 1. The minimum atomic E-state index is -4.64. The molecule has 1 aromatic rings. The summed E-state index contributed by atoms with van der Waals surface area (Å²) in [4.78, 5) is 25.0. The summed E-state index contributed by atoms with van der Waals surface area (Å²) in [5.41, 5.74) is -0.132. The molecule has 1 aliphatic heterocycles. The van der Waals surface area contributed by atoms with Gasteiger partial charge in [-0.15, -0.1) is 0 Å². The van der Waals surface area contributed by atoms with Crippen molar-refractivity contribution in [2.24, 2.45) is 11.8 Å². The van der Waals surface area contributed by atoms with Crippen LogP contribution in [0.25, 0.3) is 0 Å². The zero-order valence-corrected chi connectivity index (χ0v) is 13.3. The minimum absolute atomic E-state index is 0.409. The lowest BCUT2D eigenvalue weighted by Crippen LogP contribution is -2.39. The van der Waals surface area contributed by atoms with E-state index in [1.807, 2.05) is 0 Å². The van der Waals surface area contributed by atoms with Crippen LogP contribution in [0.1, 0.15) is 18.4 Å². The van der Waals surface area contributed by atoms with Crippen LogP contribution in [0.5, 0.6) is 0 Å². The number of hydrogen-bond acceptors (Lipinski definition) is 2. The molecule has 24 heavy (non-hydrogen) atoms. The third-order valence-electron chi connectivity index (χ3n) is 4.90. The number of hydrogen-bond donors (Lipinski definition) is 1. The summed E-state index contributed by atoms with van der Waals surface area (Å²) in [6.07, 6.45) is -3.56. The summed E-state index contributed by atoms with van der Waals surface area (Å²) >= 11 is 5.83. The van der Waals surface area contributed by atoms with Crippen LogP contribution < -0.4 is 0 Å². The van der Waals surface area contributed by atoms with Crippen LogP contribution in [0.4, 0.5) is 13.2 Å². The molecule has 0 spiro atoms. The van der Waals surface area contributed by atoms with E-state index in [2.05, 4.69) is 0 Å². The third kappa shape index (κ3) is 2.85. The molecule has 1 saturated heterocycles. The molecule has 1 aliphatic carbocycles. The summed E-state index contributed by atoms with van der Waals surface area (Å²) in [5, 5.41) is 9.57. The average molecular weight is 362 g/mol. The van der Waals surface area contributed by atoms with Crippen LogP contribution >= 0.6 is 11.6 Å². The number of rotatable bonds is 3. The van der Waals surface area contributed by atoms with Gasteiger partial charge in [0.25, 0.3) is 0 Å². The molecule has 4 nitrogen and oxygen atoms in total. The Kier molecular flexibility index (Phi) is 4.02. The van der Waals surface area contributed by atoms with Crippen molar-refractivity contribution in [2.75, 3.05) is 13.1 Å². The molecule has 2 aliphatic rings. The Morgan fingerprint density at radius 1 is 1.17 bits per heavy atom. The minimum Gasteiger partial charge on any atom is -0.481 e. The molecule has 130 valence electrons. The second-order valence-corrected chi connectivity index (χ2v) is 6.83. The molecule has 2 atom stereocenters. The van der Waals surface area contributed by atoms with E-state index in [-0.39, 0.29) is 0 Å². The molecule has 0 bridgehead atoms. The highest BCUT2D eigenvalue weighted by Crippen LogP contribution is 2.51. The van der Waals surface area contributed by atoms with Crippen LogP contribution in [0.2, 0.25) is 5.02 Å². The van der Waals surface area contributed by atoms with Gasteiger partial charge in [-0.25, -0.2) is 0 Å². The van der Waals surface area contributed by atoms with Gasteiger partial charge >= 0.3 is 12.1 Å². The largest absolute Gasteiger partial charge is 0.481 e. The van der Waals surface area contributed by atoms with Gasteiger partial charge < -0.3 is 10.0 Å². The molecular weight excluding hydrogens is 347 g/mol. The van der Waals surface area contributed by atoms with Gasteiger partial charge in [-0.3, -0.25) is 9.59 Å². The van der Waals surface area contributed by atoms with Gasteiger partial charge in [0.05, 0.1) is 17.3 Å². The lowest BCUT2D eigenvalue weighted by atomic mass is 9.94. The molecule has 1 N–H and O–H groups in total. The van der Waals surface area contributed by atoms with E-state index >= 15 is 0 Å². The van der Waals surface area contributed by atoms with Crippen LogP contribution in [0.3, 0.4) is 0 Å². The maximum absolute atomic E-state index is 13.1. The predicted octanol–water partition coefficient (Wildman–Crippen LogP) is 3.09. The van der Waals surface area contributed by atoms with Crippen molar-refractivity contribution in [1.29, 1.82) is 0 Å². The van der Waals surface area contributed by atoms with Crippen molar-refractivity contribution in [3.8, 4) is 0 Å². The lowest BCUT2D eigenvalue weighted by Gasteiger charge is -2.24. The summed E-state index contributed by atoms with van der Waals surface area (Å²) in [6.45, 7) is -1.01. The number of carboxylic acid groups (broad SMARTS) is 1. The summed E-state index contributed by atoms with van der Waals surface area (Å²) in [5.74, 6) is -5.60. The molecule has 0 unspecified atom stereocenters. The number of nitrogens with zero attached hydrogens (tertiary/aromatic N) is 1. The van der Waals surface area contributed by atoms with Gasteiger partial charge in [0.15, 0.2) is 0 Å². The van der Waals surface area contributed by atoms with E-state index in [0.717, 1.165) is 4.90 Å². The van der Waals surface area contributed by atoms with Gasteiger partial charge in [0.1, 0.15) is 0 Å². The van der Waals surface area contributed by atoms with E-state index in [9.17, 15) is 22.8 Å². The number of carboxylic acids is 1. The first-order valence-corrected chi connectivity index (χ1v) is 7.88. The van der Waals surface area contributed by atoms with Crippen molar-refractivity contribution in [1.82, 2.24) is 4.90 Å². The normalized spacial score (nSPS) is 25.6. The number of benzene rings is 1. The number of amides is 1. The Bertz CT molecular complexity index is 670. The third-order valence-corrected chi connectivity index (χ3v) is 5.15. The highest BCUT2D eigenvalue weighted by molar-refractivity contribution is 6.30. The van der Waals surface area contributed by atoms with Gasteiger partial charge in [-0.05, 0) is 30.5 Å². The van der Waals surface area contributed by atoms with Crippen LogP contribution in [0.15, 0.2) is 24.3 Å². The van der Waals surface area contributed by atoms with Crippen LogP contribution in [-0.2, 0) is 15.0 Å². The number of likely N-dealkylation sites (tertiary alicyclic amines) is 1. The Labute approximate surface area is 141 Å². The zero-order valence-electron chi connectivity index (χ0n) is 12.5. The first kappa shape index (κ1) is 17.1. The second kappa shape index (κ2) is 5.65. The Hall–Kier alpha value is -1.76. The molecule has 3 rings (SSSR count). The fourth-order valence-electron chi connectivity index (χ4n) is 3.37. The lowest BCUT2D eigenvalue weighted by molar-refractivity contribution is -0.188. The fraction of sp³-hybridized carbons (Fsp3) is 0.500. The number of carbonyl (C=O) groups excluding carboxylic acids is 1. The Morgan fingerprint density at radius 2 is 1.75 bits per heavy atom. The molecule has 0 aromatic heterocycles. The quantitative estimate of drug-likeness (QED) is 0.900. The van der Waals surface area contributed by atoms with Crippen molar-refractivity contribution >= 4 is 23.5 Å². The van der Waals surface area contributed by atoms with Gasteiger partial charge in [-0.2, -0.15) is 13.2 Å². The molecular formula is C16H15ClF3NO3. The molecule has 8 heteroatoms. The molecule has 2 fully saturated rings. The van der Waals surface area contributed by atoms with Crippen LogP contribution in [0, 0.1) is 11.8 Å². The standard InChI is InChI=1S/C16H15ClF3NO3/c17-10-3-1-9(2-4-10)15(5-6-15)14(24)21-7-11(13(22)23)12(8-21)16(18,19)20/h1-4,11-12H,5-8H2,(H,22,23)/t11-,12-/m1/s1. The maximum atomic E-state index is 13.1. The number of carbonyl (C=O) groups is 2. The topological polar surface area (TPSA) is 57.6 Å². The first-order chi connectivity index (χ1) is 11.1. The summed E-state index contributed by atoms with van der Waals surface area (Å²) in [6, 6.07) is 6.65. The molecule has 1 heterocycles. The van der Waals surface area contributed by atoms with Gasteiger partial charge in [-0.1, -0.05) is 23.7 Å². The smallest absolute Gasteiger partial charge is 0.394 e. The van der Waals surface area contributed by atoms with E-state index in [1.165, 1.54) is 0 Å². The number of alkyl halides is 3. The Morgan fingerprint density at radius 3 is 2.17 bits per heavy atom. The van der Waals surface area contributed by atoms with Gasteiger partial charge in [0, 0.05) is 18.1 Å². The van der Waals surface area contributed by atoms with E-state index in [0.29, 0.717) is 23.4 Å². The Balaban J connectivity index is 1.83. The van der Waals surface area contributed by atoms with Crippen molar-refractivity contribution < 1.29 is 27.9 Å². The monoisotopic (exact) mass is 361 g/mol. The average Bonchev–Trinajstić information content (AvgIpc) is 3.16. The van der Waals surface area contributed by atoms with Crippen molar-refractivity contribution in [3.63, 3.8) is 0 Å². The van der Waals surface area contributed by atoms with Gasteiger partial charge in [0.2, 0.25) is 5.91 Å². The molecule has 0 radical (unpaired) electrons. The SMILES string of the molecule is O=C(O)[C@@H]1CN(C(=O)C2(c3ccc(Cl)cc3)CC2)C[C@H]1C(F)(F)F. The summed E-state index contributed by atoms with van der Waals surface area (Å²) in [7, 11) is 0. The highest BCUT2D eigenvalue weighted by atomic mass is 35.5. The van der Waals surface area contributed by atoms with E-state index < -0.39 is 48.4 Å². The highest BCUT2D eigenvalue weighted by Gasteiger charge is 2.58. The maximum Gasteiger partial charge on any atom is 0.394 e. The van der Waals surface area contributed by atoms with Crippen LogP contribution in [-0.4, -0.2) is 41.1 Å². The fourth-order valence-corrected chi connectivity index (χ4v) is 3.50. The van der Waals surface area contributed by atoms with E-state index in [1.54, 1.807) is 24.3 Å². The van der Waals surface area contributed by atoms with E-state index in [4.69, 9.17) is 16.7 Å². The summed E-state index contributed by atoms with van der Waals surface area (Å²) < 4.78 is 39.2. The second-order valence-electron chi connectivity index (χ2n) is 6.39. The molecule has 1 saturated carbocycles. The predicted molar refractivity (Wildman–Crippen MR) is 79.6 cm³/mol. The first-order valence-electron chi connectivity index (χ1n) is 7.50.